The Kier molecular flexibility index (Phi) is 5.94. The maximum Gasteiger partial charge on any atom is 0.257 e. The summed E-state index contributed by atoms with van der Waals surface area (Å²) in [5, 5.41) is 3.29. The van der Waals surface area contributed by atoms with Gasteiger partial charge in [0.05, 0.1) is 16.1 Å². The maximum absolute atomic E-state index is 11.8. The van der Waals surface area contributed by atoms with Gasteiger partial charge in [0.2, 0.25) is 0 Å². The summed E-state index contributed by atoms with van der Waals surface area (Å²) >= 11 is 9.37. The number of H-pyrrole nitrogens is 1. The summed E-state index contributed by atoms with van der Waals surface area (Å²) in [7, 11) is 0. The minimum atomic E-state index is -0.177. The van der Waals surface area contributed by atoms with Crippen molar-refractivity contribution in [3.63, 3.8) is 0 Å². The van der Waals surface area contributed by atoms with Gasteiger partial charge >= 0.3 is 0 Å². The third kappa shape index (κ3) is 4.96. The van der Waals surface area contributed by atoms with Crippen molar-refractivity contribution in [2.45, 2.75) is 12.8 Å². The molecule has 1 amide bonds. The van der Waals surface area contributed by atoms with E-state index in [1.54, 1.807) is 12.1 Å². The average Bonchev–Trinajstić information content (AvgIpc) is 3.01. The van der Waals surface area contributed by atoms with Crippen LogP contribution < -0.4 is 10.1 Å². The second kappa shape index (κ2) is 8.36. The van der Waals surface area contributed by atoms with Crippen LogP contribution >= 0.6 is 27.5 Å². The summed E-state index contributed by atoms with van der Waals surface area (Å²) in [5.74, 6) is 1.24. The molecule has 2 N–H and O–H groups in total. The third-order valence-corrected chi connectivity index (χ3v) is 4.39. The van der Waals surface area contributed by atoms with E-state index >= 15 is 0 Å². The minimum absolute atomic E-state index is 0.0635. The molecule has 5 nitrogen and oxygen atoms in total. The van der Waals surface area contributed by atoms with E-state index in [0.29, 0.717) is 17.3 Å². The second-order valence-electron chi connectivity index (χ2n) is 5.52. The first kappa shape index (κ1) is 17.8. The highest BCUT2D eigenvalue weighted by atomic mass is 79.9. The molecule has 0 aliphatic carbocycles. The first-order chi connectivity index (χ1) is 12.1. The van der Waals surface area contributed by atoms with Crippen LogP contribution in [-0.2, 0) is 11.2 Å². The Hall–Kier alpha value is -2.05. The number of aromatic nitrogens is 2. The molecule has 3 aromatic rings. The number of hydrogen-bond donors (Lipinski definition) is 2. The standard InChI is InChI=1S/C18H17BrClN3O2/c19-12-7-8-16(13(20)10-12)25-11-18(24)21-9-3-6-17-22-14-4-1-2-5-15(14)23-17/h1-2,4-5,7-8,10H,3,6,9,11H2,(H,21,24)(H,22,23). The number of benzene rings is 2. The predicted octanol–water partition coefficient (Wildman–Crippen LogP) is 4.11. The quantitative estimate of drug-likeness (QED) is 0.563. The van der Waals surface area contributed by atoms with Crippen LogP contribution in [0.25, 0.3) is 11.0 Å². The van der Waals surface area contributed by atoms with Crippen molar-refractivity contribution in [1.82, 2.24) is 15.3 Å². The Balaban J connectivity index is 1.39. The van der Waals surface area contributed by atoms with Crippen LogP contribution in [0.1, 0.15) is 12.2 Å². The molecule has 0 spiro atoms. The van der Waals surface area contributed by atoms with Crippen molar-refractivity contribution >= 4 is 44.5 Å². The van der Waals surface area contributed by atoms with Gasteiger partial charge < -0.3 is 15.0 Å². The number of nitrogens with zero attached hydrogens (tertiary/aromatic N) is 1. The summed E-state index contributed by atoms with van der Waals surface area (Å²) in [6.45, 7) is 0.499. The average molecular weight is 423 g/mol. The number of hydrogen-bond acceptors (Lipinski definition) is 3. The van der Waals surface area contributed by atoms with Crippen LogP contribution in [0.15, 0.2) is 46.9 Å². The molecule has 0 fully saturated rings. The molecule has 0 atom stereocenters. The van der Waals surface area contributed by atoms with Crippen molar-refractivity contribution in [2.75, 3.05) is 13.2 Å². The molecule has 3 rings (SSSR count). The van der Waals surface area contributed by atoms with Crippen LogP contribution in [0.2, 0.25) is 5.02 Å². The van der Waals surface area contributed by atoms with E-state index in [-0.39, 0.29) is 12.5 Å². The molecule has 0 aliphatic heterocycles. The number of rotatable bonds is 7. The first-order valence-corrected chi connectivity index (χ1v) is 9.07. The van der Waals surface area contributed by atoms with Crippen molar-refractivity contribution < 1.29 is 9.53 Å². The number of carbonyl (C=O) groups excluding carboxylic acids is 1. The Morgan fingerprint density at radius 2 is 2.12 bits per heavy atom. The van der Waals surface area contributed by atoms with Crippen LogP contribution in [0.3, 0.4) is 0 Å². The topological polar surface area (TPSA) is 67.0 Å². The van der Waals surface area contributed by atoms with Gasteiger partial charge in [0.1, 0.15) is 11.6 Å². The highest BCUT2D eigenvalue weighted by Gasteiger charge is 2.07. The van der Waals surface area contributed by atoms with E-state index in [1.165, 1.54) is 0 Å². The Bertz CT molecular complexity index is 849. The van der Waals surface area contributed by atoms with E-state index < -0.39 is 0 Å². The highest BCUT2D eigenvalue weighted by Crippen LogP contribution is 2.27. The highest BCUT2D eigenvalue weighted by molar-refractivity contribution is 9.10. The molecule has 130 valence electrons. The number of halogens is 2. The number of aryl methyl sites for hydroxylation is 1. The third-order valence-electron chi connectivity index (χ3n) is 3.60. The molecule has 7 heteroatoms. The largest absolute Gasteiger partial charge is 0.482 e. The van der Waals surface area contributed by atoms with Gasteiger partial charge in [0.25, 0.3) is 5.91 Å². The van der Waals surface area contributed by atoms with Gasteiger partial charge in [-0.25, -0.2) is 4.98 Å². The zero-order valence-electron chi connectivity index (χ0n) is 13.4. The van der Waals surface area contributed by atoms with Gasteiger partial charge in [-0.3, -0.25) is 4.79 Å². The van der Waals surface area contributed by atoms with Crippen molar-refractivity contribution in [3.05, 3.63) is 57.8 Å². The van der Waals surface area contributed by atoms with Gasteiger partial charge in [-0.15, -0.1) is 0 Å². The summed E-state index contributed by atoms with van der Waals surface area (Å²) in [6, 6.07) is 13.2. The van der Waals surface area contributed by atoms with Crippen molar-refractivity contribution in [1.29, 1.82) is 0 Å². The number of fused-ring (bicyclic) bond motifs is 1. The number of nitrogens with one attached hydrogen (secondary N) is 2. The van der Waals surface area contributed by atoms with Crippen molar-refractivity contribution in [2.24, 2.45) is 0 Å². The molecule has 1 aromatic heterocycles. The molecule has 0 aliphatic rings. The molecule has 0 saturated heterocycles. The number of ether oxygens (including phenoxy) is 1. The molecular formula is C18H17BrClN3O2. The van der Waals surface area contributed by atoms with E-state index in [9.17, 15) is 4.79 Å². The fourth-order valence-electron chi connectivity index (χ4n) is 2.39. The Morgan fingerprint density at radius 1 is 1.28 bits per heavy atom. The molecule has 25 heavy (non-hydrogen) atoms. The van der Waals surface area contributed by atoms with Gasteiger partial charge in [0.15, 0.2) is 6.61 Å². The van der Waals surface area contributed by atoms with Gasteiger partial charge in [0, 0.05) is 17.4 Å². The maximum atomic E-state index is 11.8. The van der Waals surface area contributed by atoms with Gasteiger partial charge in [-0.1, -0.05) is 39.7 Å². The zero-order valence-corrected chi connectivity index (χ0v) is 15.7. The summed E-state index contributed by atoms with van der Waals surface area (Å²) in [4.78, 5) is 19.6. The molecule has 0 saturated carbocycles. The molecule has 2 aromatic carbocycles. The Labute approximate surface area is 158 Å². The van der Waals surface area contributed by atoms with E-state index in [1.807, 2.05) is 30.3 Å². The smallest absolute Gasteiger partial charge is 0.257 e. The predicted molar refractivity (Wildman–Crippen MR) is 102 cm³/mol. The fourth-order valence-corrected chi connectivity index (χ4v) is 3.12. The SMILES string of the molecule is O=C(COc1ccc(Br)cc1Cl)NCCCc1nc2ccccc2[nH]1. The lowest BCUT2D eigenvalue weighted by atomic mass is 10.3. The number of carbonyl (C=O) groups is 1. The normalized spacial score (nSPS) is 10.8. The number of para-hydroxylation sites is 2. The molecule has 0 unspecified atom stereocenters. The lowest BCUT2D eigenvalue weighted by Crippen LogP contribution is -2.30. The molecule has 0 radical (unpaired) electrons. The lowest BCUT2D eigenvalue weighted by molar-refractivity contribution is -0.123. The van der Waals surface area contributed by atoms with Crippen LogP contribution in [0.5, 0.6) is 5.75 Å². The lowest BCUT2D eigenvalue weighted by Gasteiger charge is -2.08. The zero-order chi connectivity index (χ0) is 17.6. The fraction of sp³-hybridized carbons (Fsp3) is 0.222. The van der Waals surface area contributed by atoms with E-state index in [0.717, 1.165) is 34.2 Å². The molecule has 0 bridgehead atoms. The second-order valence-corrected chi connectivity index (χ2v) is 6.84. The van der Waals surface area contributed by atoms with Crippen LogP contribution in [0.4, 0.5) is 0 Å². The summed E-state index contributed by atoms with van der Waals surface area (Å²) in [5.41, 5.74) is 1.99. The van der Waals surface area contributed by atoms with Crippen molar-refractivity contribution in [3.8, 4) is 5.75 Å². The van der Waals surface area contributed by atoms with E-state index in [4.69, 9.17) is 16.3 Å². The molecular weight excluding hydrogens is 406 g/mol. The van der Waals surface area contributed by atoms with E-state index in [2.05, 4.69) is 31.2 Å². The number of amides is 1. The number of imidazole rings is 1. The summed E-state index contributed by atoms with van der Waals surface area (Å²) < 4.78 is 6.29. The number of aromatic amines is 1. The molecule has 1 heterocycles. The monoisotopic (exact) mass is 421 g/mol. The van der Waals surface area contributed by atoms with Gasteiger partial charge in [-0.05, 0) is 36.8 Å². The minimum Gasteiger partial charge on any atom is -0.482 e. The Morgan fingerprint density at radius 3 is 2.92 bits per heavy atom. The van der Waals surface area contributed by atoms with Gasteiger partial charge in [-0.2, -0.15) is 0 Å². The summed E-state index contributed by atoms with van der Waals surface area (Å²) in [6.07, 6.45) is 1.57. The first-order valence-electron chi connectivity index (χ1n) is 7.90. The van der Waals surface area contributed by atoms with Crippen LogP contribution in [-0.4, -0.2) is 29.0 Å². The van der Waals surface area contributed by atoms with Crippen LogP contribution in [0, 0.1) is 0 Å².